The van der Waals surface area contributed by atoms with Gasteiger partial charge in [0.15, 0.2) is 5.16 Å². The van der Waals surface area contributed by atoms with Crippen molar-refractivity contribution in [3.05, 3.63) is 41.2 Å². The molecular weight excluding hydrogens is 266 g/mol. The minimum Gasteiger partial charge on any atom is -0.339 e. The SMILES string of the molecule is CCC(N)Cc1cc(Cl)ccc1Sc1ncc[nH]1. The standard InChI is InChI=1S/C13H16ClN3S/c1-2-11(15)8-9-7-10(14)3-4-12(9)18-13-16-5-6-17-13/h3-7,11H,2,8,15H2,1H3,(H,16,17). The molecule has 0 saturated heterocycles. The third-order valence-corrected chi connectivity index (χ3v) is 3.98. The van der Waals surface area contributed by atoms with E-state index in [9.17, 15) is 0 Å². The van der Waals surface area contributed by atoms with Gasteiger partial charge >= 0.3 is 0 Å². The van der Waals surface area contributed by atoms with Gasteiger partial charge in [0.25, 0.3) is 0 Å². The van der Waals surface area contributed by atoms with Crippen LogP contribution in [0.5, 0.6) is 0 Å². The topological polar surface area (TPSA) is 54.7 Å². The molecule has 0 radical (unpaired) electrons. The summed E-state index contributed by atoms with van der Waals surface area (Å²) in [6.07, 6.45) is 5.35. The molecule has 3 nitrogen and oxygen atoms in total. The van der Waals surface area contributed by atoms with Crippen molar-refractivity contribution in [2.24, 2.45) is 5.73 Å². The third-order valence-electron chi connectivity index (χ3n) is 2.71. The predicted molar refractivity (Wildman–Crippen MR) is 76.1 cm³/mol. The third kappa shape index (κ3) is 3.51. The Kier molecular flexibility index (Phi) is 4.69. The lowest BCUT2D eigenvalue weighted by molar-refractivity contribution is 0.641. The molecule has 0 aliphatic heterocycles. The average Bonchev–Trinajstić information content (AvgIpc) is 2.85. The zero-order valence-corrected chi connectivity index (χ0v) is 11.8. The van der Waals surface area contributed by atoms with Crippen LogP contribution in [0.15, 0.2) is 40.6 Å². The quantitative estimate of drug-likeness (QED) is 0.882. The molecule has 5 heteroatoms. The van der Waals surface area contributed by atoms with E-state index in [1.807, 2.05) is 24.4 Å². The number of halogens is 1. The molecule has 96 valence electrons. The van der Waals surface area contributed by atoms with Gasteiger partial charge in [0.2, 0.25) is 0 Å². The Bertz CT molecular complexity index is 499. The van der Waals surface area contributed by atoms with Gasteiger partial charge in [-0.2, -0.15) is 0 Å². The van der Waals surface area contributed by atoms with Crippen molar-refractivity contribution >= 4 is 23.4 Å². The maximum atomic E-state index is 6.05. The van der Waals surface area contributed by atoms with E-state index in [0.717, 1.165) is 27.9 Å². The molecule has 1 atom stereocenters. The summed E-state index contributed by atoms with van der Waals surface area (Å²) in [5.41, 5.74) is 7.20. The molecule has 0 spiro atoms. The van der Waals surface area contributed by atoms with Gasteiger partial charge in [0, 0.05) is 28.4 Å². The predicted octanol–water partition coefficient (Wildman–Crippen LogP) is 3.49. The molecule has 1 aromatic heterocycles. The molecule has 2 aromatic rings. The Labute approximate surface area is 116 Å². The van der Waals surface area contributed by atoms with Gasteiger partial charge in [-0.25, -0.2) is 4.98 Å². The van der Waals surface area contributed by atoms with Gasteiger partial charge in [0.05, 0.1) is 0 Å². The van der Waals surface area contributed by atoms with Crippen molar-refractivity contribution in [3.63, 3.8) is 0 Å². The molecule has 1 unspecified atom stereocenters. The first-order chi connectivity index (χ1) is 8.69. The number of aromatic amines is 1. The van der Waals surface area contributed by atoms with Crippen molar-refractivity contribution in [2.75, 3.05) is 0 Å². The van der Waals surface area contributed by atoms with Crippen LogP contribution in [0.3, 0.4) is 0 Å². The first-order valence-electron chi connectivity index (χ1n) is 5.90. The van der Waals surface area contributed by atoms with Crippen molar-refractivity contribution in [3.8, 4) is 0 Å². The van der Waals surface area contributed by atoms with Crippen LogP contribution in [-0.4, -0.2) is 16.0 Å². The number of imidazole rings is 1. The number of hydrogen-bond acceptors (Lipinski definition) is 3. The van der Waals surface area contributed by atoms with Crippen molar-refractivity contribution in [1.29, 1.82) is 0 Å². The maximum absolute atomic E-state index is 6.05. The van der Waals surface area contributed by atoms with E-state index in [4.69, 9.17) is 17.3 Å². The summed E-state index contributed by atoms with van der Waals surface area (Å²) in [5.74, 6) is 0. The highest BCUT2D eigenvalue weighted by Gasteiger charge is 2.10. The number of benzene rings is 1. The van der Waals surface area contributed by atoms with Gasteiger partial charge in [0.1, 0.15) is 0 Å². The molecule has 2 rings (SSSR count). The first-order valence-corrected chi connectivity index (χ1v) is 7.09. The van der Waals surface area contributed by atoms with Crippen LogP contribution in [-0.2, 0) is 6.42 Å². The van der Waals surface area contributed by atoms with Crippen molar-refractivity contribution in [1.82, 2.24) is 9.97 Å². The van der Waals surface area contributed by atoms with Crippen molar-refractivity contribution < 1.29 is 0 Å². The molecule has 18 heavy (non-hydrogen) atoms. The smallest absolute Gasteiger partial charge is 0.170 e. The lowest BCUT2D eigenvalue weighted by Gasteiger charge is -2.12. The largest absolute Gasteiger partial charge is 0.339 e. The summed E-state index contributed by atoms with van der Waals surface area (Å²) in [6, 6.07) is 6.07. The van der Waals surface area contributed by atoms with Crippen LogP contribution in [0.4, 0.5) is 0 Å². The summed E-state index contributed by atoms with van der Waals surface area (Å²) < 4.78 is 0. The second kappa shape index (κ2) is 6.27. The molecule has 3 N–H and O–H groups in total. The van der Waals surface area contributed by atoms with E-state index in [2.05, 4.69) is 16.9 Å². The molecule has 0 fully saturated rings. The van der Waals surface area contributed by atoms with Gasteiger partial charge < -0.3 is 10.7 Å². The van der Waals surface area contributed by atoms with Gasteiger partial charge in [-0.1, -0.05) is 30.3 Å². The number of nitrogens with two attached hydrogens (primary N) is 1. The highest BCUT2D eigenvalue weighted by Crippen LogP contribution is 2.30. The molecule has 1 aromatic carbocycles. The van der Waals surface area contributed by atoms with E-state index in [0.29, 0.717) is 0 Å². The summed E-state index contributed by atoms with van der Waals surface area (Å²) >= 11 is 7.65. The first kappa shape index (κ1) is 13.5. The van der Waals surface area contributed by atoms with Crippen molar-refractivity contribution in [2.45, 2.75) is 35.9 Å². The number of aromatic nitrogens is 2. The van der Waals surface area contributed by atoms with E-state index in [-0.39, 0.29) is 6.04 Å². The van der Waals surface area contributed by atoms with Crippen LogP contribution in [0.1, 0.15) is 18.9 Å². The maximum Gasteiger partial charge on any atom is 0.170 e. The van der Waals surface area contributed by atoms with E-state index in [1.165, 1.54) is 5.56 Å². The van der Waals surface area contributed by atoms with Crippen LogP contribution in [0, 0.1) is 0 Å². The van der Waals surface area contributed by atoms with Crippen LogP contribution in [0.25, 0.3) is 0 Å². The van der Waals surface area contributed by atoms with Crippen LogP contribution < -0.4 is 5.73 Å². The highest BCUT2D eigenvalue weighted by molar-refractivity contribution is 7.99. The summed E-state index contributed by atoms with van der Waals surface area (Å²) in [4.78, 5) is 8.45. The number of H-pyrrole nitrogens is 1. The van der Waals surface area contributed by atoms with Gasteiger partial charge in [-0.15, -0.1) is 0 Å². The zero-order valence-electron chi connectivity index (χ0n) is 10.2. The molecule has 0 amide bonds. The lowest BCUT2D eigenvalue weighted by atomic mass is 10.0. The zero-order chi connectivity index (χ0) is 13.0. The Balaban J connectivity index is 2.22. The minimum atomic E-state index is 0.166. The lowest BCUT2D eigenvalue weighted by Crippen LogP contribution is -2.21. The summed E-state index contributed by atoms with van der Waals surface area (Å²) in [5, 5.41) is 1.63. The number of nitrogens with one attached hydrogen (secondary N) is 1. The number of hydrogen-bond donors (Lipinski definition) is 2. The molecule has 0 saturated carbocycles. The molecular formula is C13H16ClN3S. The monoisotopic (exact) mass is 281 g/mol. The Morgan fingerprint density at radius 2 is 2.33 bits per heavy atom. The Hall–Kier alpha value is -0.970. The fourth-order valence-corrected chi connectivity index (χ4v) is 2.70. The Morgan fingerprint density at radius 3 is 3.00 bits per heavy atom. The molecule has 1 heterocycles. The van der Waals surface area contributed by atoms with Gasteiger partial charge in [-0.05, 0) is 36.6 Å². The van der Waals surface area contributed by atoms with Crippen LogP contribution in [0.2, 0.25) is 5.02 Å². The summed E-state index contributed by atoms with van der Waals surface area (Å²) in [7, 11) is 0. The minimum absolute atomic E-state index is 0.166. The normalized spacial score (nSPS) is 12.6. The highest BCUT2D eigenvalue weighted by atomic mass is 35.5. The Morgan fingerprint density at radius 1 is 1.50 bits per heavy atom. The average molecular weight is 282 g/mol. The van der Waals surface area contributed by atoms with Crippen LogP contribution >= 0.6 is 23.4 Å². The van der Waals surface area contributed by atoms with E-state index < -0.39 is 0 Å². The number of rotatable bonds is 5. The fourth-order valence-electron chi connectivity index (χ4n) is 1.64. The number of nitrogens with zero attached hydrogens (tertiary/aromatic N) is 1. The molecule has 0 aliphatic carbocycles. The van der Waals surface area contributed by atoms with Gasteiger partial charge in [-0.3, -0.25) is 0 Å². The summed E-state index contributed by atoms with van der Waals surface area (Å²) in [6.45, 7) is 2.09. The molecule has 0 aliphatic rings. The second-order valence-corrected chi connectivity index (χ2v) is 5.59. The molecule has 0 bridgehead atoms. The second-order valence-electron chi connectivity index (χ2n) is 4.12. The van der Waals surface area contributed by atoms with E-state index >= 15 is 0 Å². The van der Waals surface area contributed by atoms with E-state index in [1.54, 1.807) is 18.0 Å². The fraction of sp³-hybridized carbons (Fsp3) is 0.308.